The fourth-order valence-electron chi connectivity index (χ4n) is 3.29. The normalized spacial score (nSPS) is 16.2. The van der Waals surface area contributed by atoms with Gasteiger partial charge >= 0.3 is 12.0 Å². The number of methoxy groups -OCH3 is 2. The SMILES string of the molecule is COC(=O)C1=C(CSc2nc3ccccc3[nH]2)NC(=O)N[C@H]1c1cccc(OC)c1. The van der Waals surface area contributed by atoms with Gasteiger partial charge in [-0.2, -0.15) is 0 Å². The van der Waals surface area contributed by atoms with E-state index in [1.165, 1.54) is 18.9 Å². The van der Waals surface area contributed by atoms with Crippen molar-refractivity contribution in [3.8, 4) is 5.75 Å². The number of para-hydroxylation sites is 2. The Morgan fingerprint density at radius 1 is 1.17 bits per heavy atom. The van der Waals surface area contributed by atoms with Crippen molar-refractivity contribution in [1.29, 1.82) is 0 Å². The van der Waals surface area contributed by atoms with Crippen molar-refractivity contribution in [3.63, 3.8) is 0 Å². The highest BCUT2D eigenvalue weighted by molar-refractivity contribution is 7.99. The number of hydrogen-bond acceptors (Lipinski definition) is 6. The van der Waals surface area contributed by atoms with Crippen molar-refractivity contribution in [2.45, 2.75) is 11.2 Å². The van der Waals surface area contributed by atoms with Crippen LogP contribution in [0, 0.1) is 0 Å². The maximum absolute atomic E-state index is 12.6. The molecule has 1 aliphatic rings. The van der Waals surface area contributed by atoms with E-state index < -0.39 is 18.0 Å². The Bertz CT molecular complexity index is 1110. The molecule has 8 nitrogen and oxygen atoms in total. The monoisotopic (exact) mass is 424 g/mol. The third-order valence-corrected chi connectivity index (χ3v) is 5.61. The number of H-pyrrole nitrogens is 1. The molecule has 1 atom stereocenters. The summed E-state index contributed by atoms with van der Waals surface area (Å²) >= 11 is 1.39. The second-order valence-corrected chi connectivity index (χ2v) is 7.50. The van der Waals surface area contributed by atoms with Gasteiger partial charge in [-0.3, -0.25) is 0 Å². The molecule has 154 valence electrons. The van der Waals surface area contributed by atoms with Gasteiger partial charge in [0, 0.05) is 11.4 Å². The minimum Gasteiger partial charge on any atom is -0.497 e. The molecule has 0 saturated heterocycles. The molecular formula is C21H20N4O4S. The summed E-state index contributed by atoms with van der Waals surface area (Å²) in [6.07, 6.45) is 0. The first-order chi connectivity index (χ1) is 14.6. The molecule has 0 aliphatic carbocycles. The number of ether oxygens (including phenoxy) is 2. The number of benzene rings is 2. The molecule has 0 unspecified atom stereocenters. The lowest BCUT2D eigenvalue weighted by molar-refractivity contribution is -0.136. The van der Waals surface area contributed by atoms with E-state index in [9.17, 15) is 9.59 Å². The molecule has 0 bridgehead atoms. The van der Waals surface area contributed by atoms with Gasteiger partial charge in [0.25, 0.3) is 0 Å². The average Bonchev–Trinajstić information content (AvgIpc) is 3.20. The summed E-state index contributed by atoms with van der Waals surface area (Å²) in [5.74, 6) is 0.441. The van der Waals surface area contributed by atoms with Crippen LogP contribution in [0.3, 0.4) is 0 Å². The summed E-state index contributed by atoms with van der Waals surface area (Å²) in [4.78, 5) is 32.7. The fraction of sp³-hybridized carbons (Fsp3) is 0.190. The first kappa shape index (κ1) is 19.8. The molecule has 30 heavy (non-hydrogen) atoms. The van der Waals surface area contributed by atoms with Crippen LogP contribution in [0.2, 0.25) is 0 Å². The second-order valence-electron chi connectivity index (χ2n) is 6.54. The molecule has 2 heterocycles. The first-order valence-corrected chi connectivity index (χ1v) is 10.2. The van der Waals surface area contributed by atoms with Gasteiger partial charge in [-0.1, -0.05) is 36.0 Å². The predicted octanol–water partition coefficient (Wildman–Crippen LogP) is 3.14. The van der Waals surface area contributed by atoms with E-state index in [2.05, 4.69) is 20.6 Å². The van der Waals surface area contributed by atoms with E-state index in [0.29, 0.717) is 27.9 Å². The molecule has 3 aromatic rings. The number of rotatable bonds is 6. The Hall–Kier alpha value is -3.46. The van der Waals surface area contributed by atoms with Crippen molar-refractivity contribution < 1.29 is 19.1 Å². The van der Waals surface area contributed by atoms with Crippen LogP contribution in [-0.2, 0) is 9.53 Å². The Morgan fingerprint density at radius 2 is 2.00 bits per heavy atom. The molecule has 9 heteroatoms. The zero-order valence-electron chi connectivity index (χ0n) is 16.4. The van der Waals surface area contributed by atoms with E-state index in [0.717, 1.165) is 16.6 Å². The number of nitrogens with one attached hydrogen (secondary N) is 3. The average molecular weight is 424 g/mol. The highest BCUT2D eigenvalue weighted by Crippen LogP contribution is 2.31. The van der Waals surface area contributed by atoms with Gasteiger partial charge in [0.2, 0.25) is 0 Å². The van der Waals surface area contributed by atoms with Crippen LogP contribution in [0.1, 0.15) is 11.6 Å². The maximum Gasteiger partial charge on any atom is 0.338 e. The minimum atomic E-state index is -0.660. The van der Waals surface area contributed by atoms with Crippen molar-refractivity contribution in [2.24, 2.45) is 0 Å². The number of esters is 1. The lowest BCUT2D eigenvalue weighted by atomic mass is 9.95. The Balaban J connectivity index is 1.68. The van der Waals surface area contributed by atoms with E-state index in [-0.39, 0.29) is 0 Å². The summed E-state index contributed by atoms with van der Waals surface area (Å²) < 4.78 is 10.3. The number of aromatic nitrogens is 2. The van der Waals surface area contributed by atoms with Crippen LogP contribution in [0.5, 0.6) is 5.75 Å². The number of hydrogen-bond donors (Lipinski definition) is 3. The fourth-order valence-corrected chi connectivity index (χ4v) is 4.15. The Labute approximate surface area is 177 Å². The Morgan fingerprint density at radius 3 is 2.77 bits per heavy atom. The molecule has 2 aromatic carbocycles. The maximum atomic E-state index is 12.6. The summed E-state index contributed by atoms with van der Waals surface area (Å²) in [5, 5.41) is 6.24. The van der Waals surface area contributed by atoms with Gasteiger partial charge < -0.3 is 25.1 Å². The number of aromatic amines is 1. The standard InChI is InChI=1S/C21H20N4O4S/c1-28-13-7-5-6-12(10-13)18-17(19(26)29-2)16(22-20(27)25-18)11-30-21-23-14-8-3-4-9-15(14)24-21/h3-10,18H,11H2,1-2H3,(H,23,24)(H2,22,25,27)/t18-/m0/s1. The molecular weight excluding hydrogens is 404 g/mol. The number of amides is 2. The van der Waals surface area contributed by atoms with Crippen molar-refractivity contribution in [3.05, 3.63) is 65.4 Å². The second kappa shape index (κ2) is 8.50. The molecule has 0 fully saturated rings. The molecule has 4 rings (SSSR count). The summed E-state index contributed by atoms with van der Waals surface area (Å²) in [6, 6.07) is 13.9. The van der Waals surface area contributed by atoms with E-state index >= 15 is 0 Å². The van der Waals surface area contributed by atoms with E-state index in [1.807, 2.05) is 30.3 Å². The van der Waals surface area contributed by atoms with E-state index in [1.54, 1.807) is 25.3 Å². The molecule has 0 spiro atoms. The number of urea groups is 1. The number of nitrogens with zero attached hydrogens (tertiary/aromatic N) is 1. The Kier molecular flexibility index (Phi) is 5.62. The quantitative estimate of drug-likeness (QED) is 0.415. The van der Waals surface area contributed by atoms with Gasteiger partial charge in [-0.25, -0.2) is 14.6 Å². The molecule has 2 amide bonds. The van der Waals surface area contributed by atoms with Crippen LogP contribution in [-0.4, -0.2) is 41.9 Å². The molecule has 1 aliphatic heterocycles. The van der Waals surface area contributed by atoms with Crippen LogP contribution >= 0.6 is 11.8 Å². The number of carbonyl (C=O) groups excluding carboxylic acids is 2. The summed E-state index contributed by atoms with van der Waals surface area (Å²) in [7, 11) is 2.88. The third-order valence-electron chi connectivity index (χ3n) is 4.71. The highest BCUT2D eigenvalue weighted by Gasteiger charge is 2.33. The summed E-state index contributed by atoms with van der Waals surface area (Å²) in [6.45, 7) is 0. The van der Waals surface area contributed by atoms with Crippen LogP contribution < -0.4 is 15.4 Å². The highest BCUT2D eigenvalue weighted by atomic mass is 32.2. The smallest absolute Gasteiger partial charge is 0.338 e. The van der Waals surface area contributed by atoms with Gasteiger partial charge in [0.05, 0.1) is 36.9 Å². The van der Waals surface area contributed by atoms with Gasteiger partial charge in [0.1, 0.15) is 5.75 Å². The molecule has 0 saturated carbocycles. The van der Waals surface area contributed by atoms with Crippen LogP contribution in [0.25, 0.3) is 11.0 Å². The largest absolute Gasteiger partial charge is 0.497 e. The first-order valence-electron chi connectivity index (χ1n) is 9.19. The lowest BCUT2D eigenvalue weighted by Crippen LogP contribution is -2.46. The minimum absolute atomic E-state index is 0.331. The number of carbonyl (C=O) groups is 2. The van der Waals surface area contributed by atoms with Crippen molar-refractivity contribution in [2.75, 3.05) is 20.0 Å². The number of thioether (sulfide) groups is 1. The summed E-state index contributed by atoms with van der Waals surface area (Å²) in [5.41, 5.74) is 3.31. The van der Waals surface area contributed by atoms with Gasteiger partial charge in [0.15, 0.2) is 5.16 Å². The molecule has 3 N–H and O–H groups in total. The van der Waals surface area contributed by atoms with Crippen molar-refractivity contribution in [1.82, 2.24) is 20.6 Å². The van der Waals surface area contributed by atoms with Gasteiger partial charge in [-0.15, -0.1) is 0 Å². The molecule has 0 radical (unpaired) electrons. The van der Waals surface area contributed by atoms with Crippen molar-refractivity contribution >= 4 is 34.8 Å². The zero-order chi connectivity index (χ0) is 21.1. The van der Waals surface area contributed by atoms with Crippen LogP contribution in [0.4, 0.5) is 4.79 Å². The van der Waals surface area contributed by atoms with E-state index in [4.69, 9.17) is 9.47 Å². The van der Waals surface area contributed by atoms with Crippen LogP contribution in [0.15, 0.2) is 65.0 Å². The zero-order valence-corrected chi connectivity index (χ0v) is 17.2. The number of imidazole rings is 1. The predicted molar refractivity (Wildman–Crippen MR) is 113 cm³/mol. The topological polar surface area (TPSA) is 105 Å². The van der Waals surface area contributed by atoms with Gasteiger partial charge in [-0.05, 0) is 29.8 Å². The lowest BCUT2D eigenvalue weighted by Gasteiger charge is -2.29. The number of fused-ring (bicyclic) bond motifs is 1. The molecule has 1 aromatic heterocycles. The third kappa shape index (κ3) is 3.97.